The molecule has 8 nitrogen and oxygen atoms in total. The number of benzene rings is 2. The molecule has 1 unspecified atom stereocenters. The minimum absolute atomic E-state index is 0.214. The summed E-state index contributed by atoms with van der Waals surface area (Å²) < 4.78 is 31.4. The Labute approximate surface area is 200 Å². The van der Waals surface area contributed by atoms with Crippen molar-refractivity contribution in [3.05, 3.63) is 52.5 Å². The number of halogens is 2. The van der Waals surface area contributed by atoms with Crippen LogP contribution in [0.2, 0.25) is 10.0 Å². The van der Waals surface area contributed by atoms with Crippen molar-refractivity contribution in [2.24, 2.45) is 0 Å². The molecule has 1 heterocycles. The summed E-state index contributed by atoms with van der Waals surface area (Å²) in [6.07, 6.45) is 1.25. The van der Waals surface area contributed by atoms with Gasteiger partial charge in [-0.1, -0.05) is 53.6 Å². The van der Waals surface area contributed by atoms with Crippen molar-refractivity contribution in [1.29, 1.82) is 0 Å². The first-order valence-corrected chi connectivity index (χ1v) is 12.8. The van der Waals surface area contributed by atoms with Gasteiger partial charge in [0.2, 0.25) is 21.1 Å². The first-order valence-electron chi connectivity index (χ1n) is 9.37. The number of methoxy groups -OCH3 is 1. The highest BCUT2D eigenvalue weighted by atomic mass is 35.5. The third-order valence-corrected chi connectivity index (χ3v) is 7.08. The number of hydrogen-bond acceptors (Lipinski definition) is 7. The van der Waals surface area contributed by atoms with Crippen molar-refractivity contribution in [1.82, 2.24) is 10.2 Å². The number of nitrogens with one attached hydrogen (secondary N) is 1. The average Bonchev–Trinajstić information content (AvgIpc) is 3.19. The summed E-state index contributed by atoms with van der Waals surface area (Å²) in [7, 11) is -2.36. The zero-order chi connectivity index (χ0) is 23.5. The summed E-state index contributed by atoms with van der Waals surface area (Å²) >= 11 is 13.3. The van der Waals surface area contributed by atoms with Gasteiger partial charge < -0.3 is 4.74 Å². The molecular weight excluding hydrogens is 495 g/mol. The van der Waals surface area contributed by atoms with Gasteiger partial charge in [0, 0.05) is 10.6 Å². The van der Waals surface area contributed by atoms with Gasteiger partial charge in [-0.3, -0.25) is 14.4 Å². The molecule has 0 radical (unpaired) electrons. The number of nitrogens with zero attached hydrogens (tertiary/aromatic N) is 3. The molecule has 0 saturated carbocycles. The molecule has 170 valence electrons. The minimum atomic E-state index is -3.82. The van der Waals surface area contributed by atoms with Gasteiger partial charge in [-0.15, -0.1) is 10.2 Å². The van der Waals surface area contributed by atoms with Crippen molar-refractivity contribution >= 4 is 61.3 Å². The van der Waals surface area contributed by atoms with Crippen molar-refractivity contribution in [3.8, 4) is 16.3 Å². The molecule has 1 atom stereocenters. The van der Waals surface area contributed by atoms with Crippen LogP contribution in [0.3, 0.4) is 0 Å². The summed E-state index contributed by atoms with van der Waals surface area (Å²) in [4.78, 5) is 13.1. The van der Waals surface area contributed by atoms with E-state index in [9.17, 15) is 13.2 Å². The topological polar surface area (TPSA) is 101 Å². The Kier molecular flexibility index (Phi) is 7.60. The molecular formula is C20H20Cl2N4O4S2. The Balaban J connectivity index is 1.87. The van der Waals surface area contributed by atoms with Crippen LogP contribution < -0.4 is 14.4 Å². The molecule has 32 heavy (non-hydrogen) atoms. The fourth-order valence-electron chi connectivity index (χ4n) is 3.02. The quantitative estimate of drug-likeness (QED) is 0.467. The number of hydrogen-bond donors (Lipinski definition) is 1. The van der Waals surface area contributed by atoms with Gasteiger partial charge in [-0.2, -0.15) is 0 Å². The maximum absolute atomic E-state index is 13.1. The zero-order valence-electron chi connectivity index (χ0n) is 17.4. The minimum Gasteiger partial charge on any atom is -0.495 e. The largest absolute Gasteiger partial charge is 0.495 e. The van der Waals surface area contributed by atoms with Gasteiger partial charge in [0.1, 0.15) is 16.8 Å². The van der Waals surface area contributed by atoms with Crippen LogP contribution in [-0.2, 0) is 14.8 Å². The Morgan fingerprint density at radius 3 is 2.44 bits per heavy atom. The van der Waals surface area contributed by atoms with E-state index in [2.05, 4.69) is 15.5 Å². The number of ether oxygens (including phenoxy) is 1. The predicted molar refractivity (Wildman–Crippen MR) is 128 cm³/mol. The smallest absolute Gasteiger partial charge is 0.250 e. The van der Waals surface area contributed by atoms with E-state index in [1.165, 1.54) is 30.6 Å². The fraction of sp³-hybridized carbons (Fsp3) is 0.250. The van der Waals surface area contributed by atoms with Crippen LogP contribution in [0.5, 0.6) is 5.75 Å². The van der Waals surface area contributed by atoms with Crippen molar-refractivity contribution in [2.45, 2.75) is 19.4 Å². The molecule has 12 heteroatoms. The van der Waals surface area contributed by atoms with Gasteiger partial charge in [-0.25, -0.2) is 8.42 Å². The second kappa shape index (κ2) is 10.0. The highest BCUT2D eigenvalue weighted by molar-refractivity contribution is 7.92. The number of amides is 1. The first kappa shape index (κ1) is 24.2. The van der Waals surface area contributed by atoms with Gasteiger partial charge in [0.15, 0.2) is 0 Å². The molecule has 0 aliphatic heterocycles. The molecule has 0 aliphatic rings. The Morgan fingerprint density at radius 2 is 1.88 bits per heavy atom. The maximum Gasteiger partial charge on any atom is 0.250 e. The zero-order valence-corrected chi connectivity index (χ0v) is 20.5. The highest BCUT2D eigenvalue weighted by Gasteiger charge is 2.32. The summed E-state index contributed by atoms with van der Waals surface area (Å²) in [6, 6.07) is 10.5. The van der Waals surface area contributed by atoms with Gasteiger partial charge in [0.05, 0.1) is 24.1 Å². The van der Waals surface area contributed by atoms with Crippen molar-refractivity contribution in [3.63, 3.8) is 0 Å². The molecule has 2 aromatic carbocycles. The van der Waals surface area contributed by atoms with Crippen LogP contribution in [0, 0.1) is 0 Å². The van der Waals surface area contributed by atoms with Crippen LogP contribution >= 0.6 is 34.5 Å². The number of rotatable bonds is 8. The molecule has 1 aromatic heterocycles. The highest BCUT2D eigenvalue weighted by Crippen LogP contribution is 2.32. The van der Waals surface area contributed by atoms with Crippen molar-refractivity contribution in [2.75, 3.05) is 23.0 Å². The van der Waals surface area contributed by atoms with Gasteiger partial charge in [-0.05, 0) is 36.8 Å². The molecule has 0 bridgehead atoms. The Bertz CT molecular complexity index is 1220. The van der Waals surface area contributed by atoms with Crippen LogP contribution in [-0.4, -0.2) is 43.9 Å². The average molecular weight is 515 g/mol. The van der Waals surface area contributed by atoms with Crippen LogP contribution in [0.1, 0.15) is 13.3 Å². The third-order valence-electron chi connectivity index (χ3n) is 4.47. The lowest BCUT2D eigenvalue weighted by molar-refractivity contribution is -0.117. The van der Waals surface area contributed by atoms with Gasteiger partial charge >= 0.3 is 0 Å². The van der Waals surface area contributed by atoms with E-state index in [-0.39, 0.29) is 22.3 Å². The lowest BCUT2D eigenvalue weighted by atomic mass is 10.2. The normalized spacial score (nSPS) is 12.3. The number of sulfonamides is 1. The molecule has 1 N–H and O–H groups in total. The van der Waals surface area contributed by atoms with Crippen LogP contribution in [0.4, 0.5) is 10.8 Å². The summed E-state index contributed by atoms with van der Waals surface area (Å²) in [6.45, 7) is 1.72. The number of carbonyl (C=O) groups is 1. The van der Waals surface area contributed by atoms with E-state index in [0.29, 0.717) is 15.8 Å². The number of carbonyl (C=O) groups excluding carboxylic acids is 1. The Morgan fingerprint density at radius 1 is 1.19 bits per heavy atom. The van der Waals surface area contributed by atoms with Crippen LogP contribution in [0.15, 0.2) is 42.5 Å². The summed E-state index contributed by atoms with van der Waals surface area (Å²) in [5.74, 6) is -0.145. The number of anilines is 2. The van der Waals surface area contributed by atoms with Crippen molar-refractivity contribution < 1.29 is 17.9 Å². The summed E-state index contributed by atoms with van der Waals surface area (Å²) in [5.41, 5.74) is 1.05. The standard InChI is InChI=1S/C20H20Cl2N4O4S2/c1-4-16(26(32(3,28)29)14-9-10-17(30-2)15(22)11-14)18(27)23-20-25-24-19(31-20)12-5-7-13(21)8-6-12/h5-11,16H,4H2,1-3H3,(H,23,25,27). The second-order valence-corrected chi connectivity index (χ2v) is 10.4. The fourth-order valence-corrected chi connectivity index (χ4v) is 5.36. The van der Waals surface area contributed by atoms with E-state index in [1.54, 1.807) is 37.3 Å². The molecule has 0 aliphatic carbocycles. The molecule has 3 rings (SSSR count). The monoisotopic (exact) mass is 514 g/mol. The number of aromatic nitrogens is 2. The third kappa shape index (κ3) is 5.50. The van der Waals surface area contributed by atoms with Crippen LogP contribution in [0.25, 0.3) is 10.6 Å². The van der Waals surface area contributed by atoms with E-state index in [0.717, 1.165) is 16.1 Å². The van der Waals surface area contributed by atoms with E-state index < -0.39 is 22.0 Å². The SMILES string of the molecule is CCC(C(=O)Nc1nnc(-c2ccc(Cl)cc2)s1)N(c1ccc(OC)c(Cl)c1)S(C)(=O)=O. The Hall–Kier alpha value is -2.40. The van der Waals surface area contributed by atoms with E-state index >= 15 is 0 Å². The lowest BCUT2D eigenvalue weighted by Gasteiger charge is -2.30. The van der Waals surface area contributed by atoms with E-state index in [1.807, 2.05) is 0 Å². The molecule has 0 fully saturated rings. The van der Waals surface area contributed by atoms with Gasteiger partial charge in [0.25, 0.3) is 0 Å². The first-order chi connectivity index (χ1) is 15.1. The molecule has 3 aromatic rings. The molecule has 0 spiro atoms. The molecule has 1 amide bonds. The maximum atomic E-state index is 13.1. The predicted octanol–water partition coefficient (Wildman–Crippen LogP) is 4.70. The summed E-state index contributed by atoms with van der Waals surface area (Å²) in [5, 5.41) is 12.4. The lowest BCUT2D eigenvalue weighted by Crippen LogP contribution is -2.47. The second-order valence-electron chi connectivity index (χ2n) is 6.71. The van der Waals surface area contributed by atoms with E-state index in [4.69, 9.17) is 27.9 Å². The molecule has 0 saturated heterocycles.